The minimum atomic E-state index is -3.76. The highest BCUT2D eigenvalue weighted by molar-refractivity contribution is 7.89. The van der Waals surface area contributed by atoms with Crippen molar-refractivity contribution in [3.8, 4) is 11.3 Å². The number of fused-ring (bicyclic) bond motifs is 1. The average Bonchev–Trinajstić information content (AvgIpc) is 2.92. The number of benzene rings is 2. The van der Waals surface area contributed by atoms with Gasteiger partial charge < -0.3 is 16.4 Å². The van der Waals surface area contributed by atoms with E-state index < -0.39 is 10.0 Å². The van der Waals surface area contributed by atoms with Crippen molar-refractivity contribution in [2.45, 2.75) is 30.3 Å². The average molecular weight is 518 g/mol. The van der Waals surface area contributed by atoms with E-state index in [4.69, 9.17) is 5.73 Å². The molecule has 1 fully saturated rings. The first-order valence-electron chi connectivity index (χ1n) is 12.0. The van der Waals surface area contributed by atoms with E-state index in [-0.39, 0.29) is 34.9 Å². The lowest BCUT2D eigenvalue weighted by atomic mass is 10.1. The van der Waals surface area contributed by atoms with E-state index in [1.165, 1.54) is 6.20 Å². The van der Waals surface area contributed by atoms with Crippen molar-refractivity contribution in [1.82, 2.24) is 30.3 Å². The molecule has 1 atom stereocenters. The molecule has 0 unspecified atom stereocenters. The lowest BCUT2D eigenvalue weighted by Gasteiger charge is -2.23. The highest BCUT2D eigenvalue weighted by Gasteiger charge is 2.20. The first-order valence-corrected chi connectivity index (χ1v) is 13.5. The molecule has 0 saturated carbocycles. The zero-order valence-electron chi connectivity index (χ0n) is 20.0. The fourth-order valence-electron chi connectivity index (χ4n) is 4.25. The molecule has 0 radical (unpaired) electrons. The summed E-state index contributed by atoms with van der Waals surface area (Å²) in [6.07, 6.45) is 5.00. The highest BCUT2D eigenvalue weighted by atomic mass is 32.2. The maximum absolute atomic E-state index is 12.9. The van der Waals surface area contributed by atoms with Crippen LogP contribution in [-0.4, -0.2) is 48.4 Å². The SMILES string of the molecule is Nc1ncc(-c2cccc(CNS(=O)(=O)c3ccc4cccnc4c3)c2)nc1C(=O)N[C@H]1CCCNC1. The summed E-state index contributed by atoms with van der Waals surface area (Å²) in [5.74, 6) is -0.312. The van der Waals surface area contributed by atoms with Crippen molar-refractivity contribution in [2.24, 2.45) is 0 Å². The molecular weight excluding hydrogens is 490 g/mol. The molecule has 10 nitrogen and oxygen atoms in total. The third kappa shape index (κ3) is 5.74. The number of sulfonamides is 1. The van der Waals surface area contributed by atoms with E-state index >= 15 is 0 Å². The summed E-state index contributed by atoms with van der Waals surface area (Å²) < 4.78 is 28.4. The molecule has 1 aliphatic heterocycles. The number of carbonyl (C=O) groups excluding carboxylic acids is 1. The van der Waals surface area contributed by atoms with Crippen LogP contribution < -0.4 is 21.1 Å². The van der Waals surface area contributed by atoms with E-state index in [2.05, 4.69) is 30.3 Å². The van der Waals surface area contributed by atoms with Crippen LogP contribution in [0.15, 0.2) is 71.9 Å². The van der Waals surface area contributed by atoms with Crippen LogP contribution in [0.2, 0.25) is 0 Å². The zero-order chi connectivity index (χ0) is 25.8. The zero-order valence-corrected chi connectivity index (χ0v) is 20.8. The van der Waals surface area contributed by atoms with Gasteiger partial charge in [0.15, 0.2) is 11.5 Å². The number of rotatable bonds is 7. The number of nitrogen functional groups attached to an aromatic ring is 1. The van der Waals surface area contributed by atoms with Crippen LogP contribution in [0.4, 0.5) is 5.82 Å². The fourth-order valence-corrected chi connectivity index (χ4v) is 5.29. The van der Waals surface area contributed by atoms with Crippen molar-refractivity contribution >= 4 is 32.7 Å². The van der Waals surface area contributed by atoms with Gasteiger partial charge in [-0.25, -0.2) is 23.1 Å². The first kappa shape index (κ1) is 24.8. The van der Waals surface area contributed by atoms with E-state index in [0.29, 0.717) is 23.3 Å². The molecule has 11 heteroatoms. The molecule has 1 aliphatic rings. The van der Waals surface area contributed by atoms with Gasteiger partial charge in [0.1, 0.15) is 0 Å². The number of pyridine rings is 1. The predicted molar refractivity (Wildman–Crippen MR) is 141 cm³/mol. The third-order valence-electron chi connectivity index (χ3n) is 6.22. The van der Waals surface area contributed by atoms with Gasteiger partial charge in [-0.2, -0.15) is 0 Å². The molecule has 0 spiro atoms. The standard InChI is InChI=1S/C26H27N7O3S/c27-25-24(26(34)32-20-7-3-10-28-15-20)33-23(16-30-25)19-5-1-4-17(12-19)14-31-37(35,36)21-9-8-18-6-2-11-29-22(18)13-21/h1-2,4-6,8-9,11-13,16,20,28,31H,3,7,10,14-15H2,(H2,27,30)(H,32,34)/t20-/m0/s1. The Balaban J connectivity index is 1.31. The molecule has 1 saturated heterocycles. The van der Waals surface area contributed by atoms with E-state index in [0.717, 1.165) is 30.3 Å². The fraction of sp³-hybridized carbons (Fsp3) is 0.231. The molecule has 190 valence electrons. The minimum absolute atomic E-state index is 0.0147. The van der Waals surface area contributed by atoms with E-state index in [9.17, 15) is 13.2 Å². The Hall–Kier alpha value is -3.93. The van der Waals surface area contributed by atoms with Crippen LogP contribution in [-0.2, 0) is 16.6 Å². The van der Waals surface area contributed by atoms with Gasteiger partial charge >= 0.3 is 0 Å². The Bertz CT molecular complexity index is 1550. The molecule has 0 bridgehead atoms. The summed E-state index contributed by atoms with van der Waals surface area (Å²) >= 11 is 0. The number of nitrogens with two attached hydrogens (primary N) is 1. The van der Waals surface area contributed by atoms with Crippen LogP contribution in [0.3, 0.4) is 0 Å². The quantitative estimate of drug-likeness (QED) is 0.291. The lowest BCUT2D eigenvalue weighted by Crippen LogP contribution is -2.46. The van der Waals surface area contributed by atoms with Gasteiger partial charge in [-0.1, -0.05) is 30.3 Å². The largest absolute Gasteiger partial charge is 0.382 e. The molecule has 5 N–H and O–H groups in total. The molecule has 2 aromatic heterocycles. The van der Waals surface area contributed by atoms with Crippen molar-refractivity contribution in [3.05, 3.63) is 78.2 Å². The number of nitrogens with one attached hydrogen (secondary N) is 3. The molecule has 37 heavy (non-hydrogen) atoms. The Morgan fingerprint density at radius 3 is 2.84 bits per heavy atom. The first-order chi connectivity index (χ1) is 17.9. The second kappa shape index (κ2) is 10.6. The molecule has 1 amide bonds. The summed E-state index contributed by atoms with van der Waals surface area (Å²) in [5.41, 5.74) is 8.50. The van der Waals surface area contributed by atoms with Gasteiger partial charge in [0.05, 0.1) is 22.3 Å². The maximum atomic E-state index is 12.9. The molecule has 3 heterocycles. The predicted octanol–water partition coefficient (Wildman–Crippen LogP) is 2.23. The van der Waals surface area contributed by atoms with Gasteiger partial charge in [0, 0.05) is 36.3 Å². The summed E-state index contributed by atoms with van der Waals surface area (Å²) in [4.78, 5) is 25.8. The second-order valence-corrected chi connectivity index (χ2v) is 10.7. The van der Waals surface area contributed by atoms with Crippen molar-refractivity contribution in [2.75, 3.05) is 18.8 Å². The topological polar surface area (TPSA) is 152 Å². The van der Waals surface area contributed by atoms with Crippen LogP contribution in [0.25, 0.3) is 22.2 Å². The highest BCUT2D eigenvalue weighted by Crippen LogP contribution is 2.21. The van der Waals surface area contributed by atoms with Crippen LogP contribution in [0.1, 0.15) is 28.9 Å². The van der Waals surface area contributed by atoms with Crippen molar-refractivity contribution < 1.29 is 13.2 Å². The number of piperidine rings is 1. The Labute approximate surface area is 214 Å². The second-order valence-electron chi connectivity index (χ2n) is 8.89. The third-order valence-corrected chi connectivity index (χ3v) is 7.62. The monoisotopic (exact) mass is 517 g/mol. The summed E-state index contributed by atoms with van der Waals surface area (Å²) in [7, 11) is -3.76. The Morgan fingerprint density at radius 1 is 1.11 bits per heavy atom. The number of hydrogen-bond acceptors (Lipinski definition) is 8. The van der Waals surface area contributed by atoms with E-state index in [1.807, 2.05) is 18.2 Å². The maximum Gasteiger partial charge on any atom is 0.274 e. The van der Waals surface area contributed by atoms with Gasteiger partial charge in [-0.05, 0) is 49.2 Å². The number of anilines is 1. The smallest absolute Gasteiger partial charge is 0.274 e. The minimum Gasteiger partial charge on any atom is -0.382 e. The van der Waals surface area contributed by atoms with Gasteiger partial charge in [0.25, 0.3) is 5.91 Å². The van der Waals surface area contributed by atoms with Crippen molar-refractivity contribution in [3.63, 3.8) is 0 Å². The number of hydrogen-bond donors (Lipinski definition) is 4. The number of nitrogens with zero attached hydrogens (tertiary/aromatic N) is 3. The molecule has 4 aromatic rings. The van der Waals surface area contributed by atoms with Gasteiger partial charge in [-0.15, -0.1) is 0 Å². The Morgan fingerprint density at radius 2 is 2.00 bits per heavy atom. The summed E-state index contributed by atoms with van der Waals surface area (Å²) in [6.45, 7) is 1.71. The Kier molecular flexibility index (Phi) is 7.08. The van der Waals surface area contributed by atoms with Crippen molar-refractivity contribution in [1.29, 1.82) is 0 Å². The number of carbonyl (C=O) groups is 1. The molecule has 2 aromatic carbocycles. The summed E-state index contributed by atoms with van der Waals surface area (Å²) in [5, 5.41) is 7.08. The van der Waals surface area contributed by atoms with E-state index in [1.54, 1.807) is 42.6 Å². The van der Waals surface area contributed by atoms with Crippen LogP contribution in [0, 0.1) is 0 Å². The molecule has 5 rings (SSSR count). The van der Waals surface area contributed by atoms with Crippen LogP contribution in [0.5, 0.6) is 0 Å². The van der Waals surface area contributed by atoms with Crippen LogP contribution >= 0.6 is 0 Å². The molecular formula is C26H27N7O3S. The summed E-state index contributed by atoms with van der Waals surface area (Å²) in [6, 6.07) is 15.8. The number of aromatic nitrogens is 3. The van der Waals surface area contributed by atoms with Gasteiger partial charge in [-0.3, -0.25) is 9.78 Å². The molecule has 0 aliphatic carbocycles. The number of amides is 1. The lowest BCUT2D eigenvalue weighted by molar-refractivity contribution is 0.0926. The van der Waals surface area contributed by atoms with Gasteiger partial charge in [0.2, 0.25) is 10.0 Å². The normalized spacial score (nSPS) is 15.9.